The lowest BCUT2D eigenvalue weighted by Crippen LogP contribution is -2.49. The van der Waals surface area contributed by atoms with Gasteiger partial charge in [-0.3, -0.25) is 9.59 Å². The zero-order valence-corrected chi connectivity index (χ0v) is 12.3. The molecule has 21 heavy (non-hydrogen) atoms. The fraction of sp³-hybridized carbons (Fsp3) is 0.375. The average molecular weight is 285 g/mol. The Morgan fingerprint density at radius 2 is 1.86 bits per heavy atom. The molecular weight excluding hydrogens is 266 g/mol. The second-order valence-electron chi connectivity index (χ2n) is 5.68. The number of benzene rings is 1. The van der Waals surface area contributed by atoms with Crippen molar-refractivity contribution in [3.8, 4) is 0 Å². The van der Waals surface area contributed by atoms with Crippen LogP contribution in [-0.2, 0) is 4.79 Å². The van der Waals surface area contributed by atoms with Crippen molar-refractivity contribution >= 4 is 22.6 Å². The number of rotatable bonds is 2. The first kappa shape index (κ1) is 13.8. The van der Waals surface area contributed by atoms with Crippen LogP contribution < -0.4 is 0 Å². The van der Waals surface area contributed by atoms with Crippen molar-refractivity contribution in [2.24, 2.45) is 0 Å². The lowest BCUT2D eigenvalue weighted by Gasteiger charge is -2.31. The first-order chi connectivity index (χ1) is 10.1. The quantitative estimate of drug-likeness (QED) is 0.671. The smallest absolute Gasteiger partial charge is 0.295 e. The number of carbonyl (C=O) groups excluding carboxylic acids is 2. The number of fused-ring (bicyclic) bond motifs is 1. The average Bonchev–Trinajstić information content (AvgIpc) is 2.89. The summed E-state index contributed by atoms with van der Waals surface area (Å²) in [6.07, 6.45) is 1.64. The van der Waals surface area contributed by atoms with Crippen LogP contribution in [0.2, 0.25) is 0 Å². The minimum atomic E-state index is -0.422. The van der Waals surface area contributed by atoms with E-state index in [1.54, 1.807) is 11.1 Å². The predicted octanol–water partition coefficient (Wildman–Crippen LogP) is 1.43. The molecule has 1 aromatic carbocycles. The summed E-state index contributed by atoms with van der Waals surface area (Å²) in [6, 6.07) is 5.82. The summed E-state index contributed by atoms with van der Waals surface area (Å²) in [5.74, 6) is -0.820. The SMILES string of the molecule is Cc1ccc2c(C(=O)C(=O)N3CCN(C)CC3)c[nH]c2c1. The second kappa shape index (κ2) is 5.33. The Morgan fingerprint density at radius 1 is 1.14 bits per heavy atom. The molecule has 3 rings (SSSR count). The van der Waals surface area contributed by atoms with E-state index in [0.717, 1.165) is 29.6 Å². The number of ketones is 1. The van der Waals surface area contributed by atoms with Crippen LogP contribution in [0.3, 0.4) is 0 Å². The van der Waals surface area contributed by atoms with Crippen LogP contribution in [0.4, 0.5) is 0 Å². The van der Waals surface area contributed by atoms with E-state index in [-0.39, 0.29) is 0 Å². The highest BCUT2D eigenvalue weighted by Gasteiger charge is 2.27. The molecule has 5 nitrogen and oxygen atoms in total. The van der Waals surface area contributed by atoms with E-state index in [2.05, 4.69) is 9.88 Å². The van der Waals surface area contributed by atoms with Gasteiger partial charge in [0.05, 0.1) is 5.56 Å². The monoisotopic (exact) mass is 285 g/mol. The summed E-state index contributed by atoms with van der Waals surface area (Å²) in [5.41, 5.74) is 2.48. The molecular formula is C16H19N3O2. The van der Waals surface area contributed by atoms with Crippen molar-refractivity contribution in [3.05, 3.63) is 35.5 Å². The largest absolute Gasteiger partial charge is 0.360 e. The first-order valence-electron chi connectivity index (χ1n) is 7.16. The molecule has 5 heteroatoms. The summed E-state index contributed by atoms with van der Waals surface area (Å²) in [6.45, 7) is 4.85. The molecule has 1 aromatic heterocycles. The van der Waals surface area contributed by atoms with Crippen molar-refractivity contribution in [1.29, 1.82) is 0 Å². The number of hydrogen-bond acceptors (Lipinski definition) is 3. The number of nitrogens with zero attached hydrogens (tertiary/aromatic N) is 2. The van der Waals surface area contributed by atoms with Gasteiger partial charge in [-0.25, -0.2) is 0 Å². The number of amides is 1. The fourth-order valence-corrected chi connectivity index (χ4v) is 2.70. The summed E-state index contributed by atoms with van der Waals surface area (Å²) in [4.78, 5) is 31.7. The number of piperazine rings is 1. The molecule has 1 saturated heterocycles. The third kappa shape index (κ3) is 2.56. The van der Waals surface area contributed by atoms with Crippen LogP contribution in [0.15, 0.2) is 24.4 Å². The van der Waals surface area contributed by atoms with Crippen LogP contribution in [0.25, 0.3) is 10.9 Å². The number of nitrogens with one attached hydrogen (secondary N) is 1. The van der Waals surface area contributed by atoms with E-state index in [4.69, 9.17) is 0 Å². The topological polar surface area (TPSA) is 56.4 Å². The highest BCUT2D eigenvalue weighted by Crippen LogP contribution is 2.20. The molecule has 0 saturated carbocycles. The molecule has 1 fully saturated rings. The first-order valence-corrected chi connectivity index (χ1v) is 7.16. The van der Waals surface area contributed by atoms with Crippen LogP contribution in [0.1, 0.15) is 15.9 Å². The maximum absolute atomic E-state index is 12.5. The van der Waals surface area contributed by atoms with E-state index >= 15 is 0 Å². The Bertz CT molecular complexity index is 697. The Kier molecular flexibility index (Phi) is 3.51. The van der Waals surface area contributed by atoms with Crippen LogP contribution >= 0.6 is 0 Å². The summed E-state index contributed by atoms with van der Waals surface area (Å²) in [7, 11) is 2.02. The zero-order valence-electron chi connectivity index (χ0n) is 12.3. The maximum Gasteiger partial charge on any atom is 0.295 e. The third-order valence-corrected chi connectivity index (χ3v) is 4.07. The van der Waals surface area contributed by atoms with Gasteiger partial charge in [0.2, 0.25) is 0 Å². The van der Waals surface area contributed by atoms with Crippen molar-refractivity contribution in [2.75, 3.05) is 33.2 Å². The minimum Gasteiger partial charge on any atom is -0.360 e. The maximum atomic E-state index is 12.5. The second-order valence-corrected chi connectivity index (χ2v) is 5.68. The van der Waals surface area contributed by atoms with Gasteiger partial charge >= 0.3 is 0 Å². The minimum absolute atomic E-state index is 0.399. The molecule has 0 atom stereocenters. The van der Waals surface area contributed by atoms with Gasteiger partial charge in [0.25, 0.3) is 11.7 Å². The van der Waals surface area contributed by atoms with Crippen molar-refractivity contribution in [3.63, 3.8) is 0 Å². The molecule has 2 heterocycles. The van der Waals surface area contributed by atoms with Gasteiger partial charge in [-0.15, -0.1) is 0 Å². The van der Waals surface area contributed by atoms with E-state index < -0.39 is 11.7 Å². The summed E-state index contributed by atoms with van der Waals surface area (Å²) in [5, 5.41) is 0.813. The van der Waals surface area contributed by atoms with Crippen LogP contribution in [0, 0.1) is 6.92 Å². The number of hydrogen-bond donors (Lipinski definition) is 1. The molecule has 0 unspecified atom stereocenters. The highest BCUT2D eigenvalue weighted by atomic mass is 16.2. The van der Waals surface area contributed by atoms with Crippen molar-refractivity contribution in [1.82, 2.24) is 14.8 Å². The fourth-order valence-electron chi connectivity index (χ4n) is 2.70. The predicted molar refractivity (Wildman–Crippen MR) is 81.4 cm³/mol. The van der Waals surface area contributed by atoms with Crippen molar-refractivity contribution < 1.29 is 9.59 Å². The molecule has 1 aliphatic rings. The Balaban J connectivity index is 1.85. The van der Waals surface area contributed by atoms with E-state index in [1.165, 1.54) is 0 Å². The van der Waals surface area contributed by atoms with Gasteiger partial charge in [0.15, 0.2) is 0 Å². The highest BCUT2D eigenvalue weighted by molar-refractivity contribution is 6.44. The van der Waals surface area contributed by atoms with E-state index in [9.17, 15) is 9.59 Å². The molecule has 1 N–H and O–H groups in total. The normalized spacial score (nSPS) is 16.4. The molecule has 0 radical (unpaired) electrons. The van der Waals surface area contributed by atoms with Gasteiger partial charge in [-0.2, -0.15) is 0 Å². The molecule has 0 aliphatic carbocycles. The van der Waals surface area contributed by atoms with Crippen LogP contribution in [0.5, 0.6) is 0 Å². The zero-order chi connectivity index (χ0) is 15.0. The molecule has 1 aliphatic heterocycles. The van der Waals surface area contributed by atoms with Crippen LogP contribution in [-0.4, -0.2) is 59.7 Å². The summed E-state index contributed by atoms with van der Waals surface area (Å²) < 4.78 is 0. The van der Waals surface area contributed by atoms with E-state index in [1.807, 2.05) is 32.2 Å². The number of aryl methyl sites for hydroxylation is 1. The number of carbonyl (C=O) groups is 2. The molecule has 0 spiro atoms. The number of aromatic nitrogens is 1. The molecule has 110 valence electrons. The lowest BCUT2D eigenvalue weighted by molar-refractivity contribution is -0.127. The number of H-pyrrole nitrogens is 1. The summed E-state index contributed by atoms with van der Waals surface area (Å²) >= 11 is 0. The van der Waals surface area contributed by atoms with E-state index in [0.29, 0.717) is 18.7 Å². The number of likely N-dealkylation sites (N-methyl/N-ethyl adjacent to an activating group) is 1. The van der Waals surface area contributed by atoms with Gasteiger partial charge in [-0.1, -0.05) is 12.1 Å². The third-order valence-electron chi connectivity index (χ3n) is 4.07. The van der Waals surface area contributed by atoms with Gasteiger partial charge < -0.3 is 14.8 Å². The Labute approximate surface area is 123 Å². The molecule has 0 bridgehead atoms. The van der Waals surface area contributed by atoms with Gasteiger partial charge in [0, 0.05) is 43.3 Å². The Hall–Kier alpha value is -2.14. The standard InChI is InChI=1S/C16H19N3O2/c1-11-3-4-12-13(10-17-14(12)9-11)15(20)16(21)19-7-5-18(2)6-8-19/h3-4,9-10,17H,5-8H2,1-2H3. The number of aromatic amines is 1. The lowest BCUT2D eigenvalue weighted by atomic mass is 10.1. The van der Waals surface area contributed by atoms with Gasteiger partial charge in [-0.05, 0) is 25.6 Å². The van der Waals surface area contributed by atoms with Gasteiger partial charge in [0.1, 0.15) is 0 Å². The molecule has 1 amide bonds. The molecule has 2 aromatic rings. The number of Topliss-reactive ketones (excluding diaryl/α,β-unsaturated/α-hetero) is 1. The van der Waals surface area contributed by atoms with Crippen molar-refractivity contribution in [2.45, 2.75) is 6.92 Å². The Morgan fingerprint density at radius 3 is 2.57 bits per heavy atom.